The molecule has 2 amide bonds. The van der Waals surface area contributed by atoms with Crippen molar-refractivity contribution in [1.82, 2.24) is 10.2 Å². The molecule has 0 spiro atoms. The Morgan fingerprint density at radius 3 is 2.79 bits per heavy atom. The van der Waals surface area contributed by atoms with Gasteiger partial charge >= 0.3 is 12.0 Å². The van der Waals surface area contributed by atoms with Gasteiger partial charge in [-0.25, -0.2) is 9.59 Å². The third kappa shape index (κ3) is 3.05. The van der Waals surface area contributed by atoms with Crippen LogP contribution in [-0.2, 0) is 4.79 Å². The Labute approximate surface area is 121 Å². The predicted molar refractivity (Wildman–Crippen MR) is 71.6 cm³/mol. The molecule has 1 aliphatic rings. The van der Waals surface area contributed by atoms with E-state index in [9.17, 15) is 9.59 Å². The lowest BCUT2D eigenvalue weighted by atomic mass is 10.0. The van der Waals surface area contributed by atoms with Crippen molar-refractivity contribution in [2.75, 3.05) is 13.1 Å². The van der Waals surface area contributed by atoms with E-state index in [1.54, 1.807) is 11.4 Å². The van der Waals surface area contributed by atoms with Gasteiger partial charge in [0.2, 0.25) is 0 Å². The van der Waals surface area contributed by atoms with Crippen molar-refractivity contribution < 1.29 is 14.7 Å². The molecule has 19 heavy (non-hydrogen) atoms. The van der Waals surface area contributed by atoms with Crippen LogP contribution in [0, 0.1) is 17.2 Å². The highest BCUT2D eigenvalue weighted by Gasteiger charge is 2.33. The maximum absolute atomic E-state index is 11.8. The number of amides is 2. The average molecular weight is 344 g/mol. The molecular formula is C11H10BrN3O3S. The van der Waals surface area contributed by atoms with E-state index in [2.05, 4.69) is 27.3 Å². The standard InChI is InChI=1S/C11H10BrN3O3S/c12-8-1-7(5-19-8)9(10(16)17)14-11(18)15-3-6(2-13)4-15/h1,5-6,9H,3-4H2,(H,14,18)(H,16,17). The Balaban J connectivity index is 2.00. The first-order valence-corrected chi connectivity index (χ1v) is 7.10. The predicted octanol–water partition coefficient (Wildman–Crippen LogP) is 1.80. The molecule has 1 aromatic rings. The van der Waals surface area contributed by atoms with E-state index in [1.165, 1.54) is 16.2 Å². The maximum Gasteiger partial charge on any atom is 0.330 e. The number of carboxylic acid groups (broad SMARTS) is 1. The molecule has 0 saturated carbocycles. The third-order valence-corrected chi connectivity index (χ3v) is 4.31. The Morgan fingerprint density at radius 2 is 2.32 bits per heavy atom. The highest BCUT2D eigenvalue weighted by molar-refractivity contribution is 9.11. The number of halogens is 1. The minimum absolute atomic E-state index is 0.149. The van der Waals surface area contributed by atoms with Crippen molar-refractivity contribution >= 4 is 39.3 Å². The number of thiophene rings is 1. The van der Waals surface area contributed by atoms with E-state index in [-0.39, 0.29) is 5.92 Å². The van der Waals surface area contributed by atoms with Gasteiger partial charge in [-0.2, -0.15) is 5.26 Å². The second-order valence-corrected chi connectivity index (χ2v) is 6.43. The van der Waals surface area contributed by atoms with Gasteiger partial charge in [0.15, 0.2) is 6.04 Å². The van der Waals surface area contributed by atoms with Gasteiger partial charge in [-0.05, 0) is 32.9 Å². The van der Waals surface area contributed by atoms with Crippen molar-refractivity contribution in [3.63, 3.8) is 0 Å². The lowest BCUT2D eigenvalue weighted by Gasteiger charge is -2.35. The topological polar surface area (TPSA) is 93.4 Å². The molecule has 0 bridgehead atoms. The summed E-state index contributed by atoms with van der Waals surface area (Å²) in [5, 5.41) is 21.9. The van der Waals surface area contributed by atoms with E-state index in [0.717, 1.165) is 3.79 Å². The highest BCUT2D eigenvalue weighted by atomic mass is 79.9. The molecule has 8 heteroatoms. The number of carbonyl (C=O) groups excluding carboxylic acids is 1. The minimum atomic E-state index is -1.11. The molecule has 2 N–H and O–H groups in total. The van der Waals surface area contributed by atoms with Crippen molar-refractivity contribution in [3.8, 4) is 6.07 Å². The van der Waals surface area contributed by atoms with Crippen LogP contribution in [0.1, 0.15) is 11.6 Å². The average Bonchev–Trinajstić information content (AvgIpc) is 2.70. The molecule has 0 aromatic carbocycles. The zero-order chi connectivity index (χ0) is 14.0. The first-order chi connectivity index (χ1) is 9.01. The maximum atomic E-state index is 11.8. The number of nitrogens with zero attached hydrogens (tertiary/aromatic N) is 2. The van der Waals surface area contributed by atoms with Gasteiger partial charge in [0.1, 0.15) is 0 Å². The SMILES string of the molecule is N#CC1CN(C(=O)NC(C(=O)O)c2csc(Br)c2)C1. The van der Waals surface area contributed by atoms with Crippen LogP contribution in [0.15, 0.2) is 15.2 Å². The summed E-state index contributed by atoms with van der Waals surface area (Å²) in [5.41, 5.74) is 0.523. The Kier molecular flexibility index (Phi) is 4.07. The highest BCUT2D eigenvalue weighted by Crippen LogP contribution is 2.26. The van der Waals surface area contributed by atoms with Gasteiger partial charge < -0.3 is 15.3 Å². The molecule has 6 nitrogen and oxygen atoms in total. The number of carboxylic acids is 1. The Morgan fingerprint density at radius 1 is 1.63 bits per heavy atom. The van der Waals surface area contributed by atoms with E-state index in [0.29, 0.717) is 18.7 Å². The summed E-state index contributed by atoms with van der Waals surface area (Å²) in [6.45, 7) is 0.698. The lowest BCUT2D eigenvalue weighted by molar-refractivity contribution is -0.139. The largest absolute Gasteiger partial charge is 0.479 e. The number of rotatable bonds is 3. The molecule has 2 heterocycles. The van der Waals surface area contributed by atoms with Crippen molar-refractivity contribution in [1.29, 1.82) is 5.26 Å². The van der Waals surface area contributed by atoms with E-state index in [4.69, 9.17) is 10.4 Å². The van der Waals surface area contributed by atoms with Crippen molar-refractivity contribution in [2.45, 2.75) is 6.04 Å². The van der Waals surface area contributed by atoms with E-state index in [1.807, 2.05) is 0 Å². The number of nitrogens with one attached hydrogen (secondary N) is 1. The molecule has 1 fully saturated rings. The van der Waals surface area contributed by atoms with Gasteiger partial charge in [0, 0.05) is 13.1 Å². The van der Waals surface area contributed by atoms with Crippen LogP contribution < -0.4 is 5.32 Å². The Hall–Kier alpha value is -1.59. The number of likely N-dealkylation sites (tertiary alicyclic amines) is 1. The summed E-state index contributed by atoms with van der Waals surface area (Å²) < 4.78 is 0.802. The fraction of sp³-hybridized carbons (Fsp3) is 0.364. The van der Waals surface area contributed by atoms with Crippen LogP contribution in [-0.4, -0.2) is 35.1 Å². The molecule has 0 radical (unpaired) electrons. The van der Waals surface area contributed by atoms with Crippen LogP contribution >= 0.6 is 27.3 Å². The molecule has 1 aliphatic heterocycles. The summed E-state index contributed by atoms with van der Waals surface area (Å²) >= 11 is 4.61. The number of hydrogen-bond donors (Lipinski definition) is 2. The number of aliphatic carboxylic acids is 1. The fourth-order valence-corrected chi connectivity index (χ4v) is 2.90. The number of nitriles is 1. The molecule has 1 saturated heterocycles. The fourth-order valence-electron chi connectivity index (χ4n) is 1.70. The van der Waals surface area contributed by atoms with Crippen molar-refractivity contribution in [3.05, 3.63) is 20.8 Å². The minimum Gasteiger partial charge on any atom is -0.479 e. The normalized spacial score (nSPS) is 16.3. The van der Waals surface area contributed by atoms with Gasteiger partial charge in [0.05, 0.1) is 15.8 Å². The van der Waals surface area contributed by atoms with E-state index < -0.39 is 18.0 Å². The van der Waals surface area contributed by atoms with Gasteiger partial charge in [-0.15, -0.1) is 11.3 Å². The van der Waals surface area contributed by atoms with Crippen LogP contribution in [0.25, 0.3) is 0 Å². The Bertz CT molecular complexity index is 548. The summed E-state index contributed by atoms with van der Waals surface area (Å²) in [7, 11) is 0. The smallest absolute Gasteiger partial charge is 0.330 e. The summed E-state index contributed by atoms with van der Waals surface area (Å²) in [5.74, 6) is -1.26. The lowest BCUT2D eigenvalue weighted by Crippen LogP contribution is -2.54. The first-order valence-electron chi connectivity index (χ1n) is 5.43. The number of urea groups is 1. The molecule has 1 aromatic heterocycles. The van der Waals surface area contributed by atoms with Crippen LogP contribution in [0.4, 0.5) is 4.79 Å². The molecular weight excluding hydrogens is 334 g/mol. The van der Waals surface area contributed by atoms with Gasteiger partial charge in [0.25, 0.3) is 0 Å². The number of hydrogen-bond acceptors (Lipinski definition) is 4. The third-order valence-electron chi connectivity index (χ3n) is 2.79. The van der Waals surface area contributed by atoms with E-state index >= 15 is 0 Å². The van der Waals surface area contributed by atoms with Crippen LogP contribution in [0.2, 0.25) is 0 Å². The number of carbonyl (C=O) groups is 2. The molecule has 100 valence electrons. The van der Waals surface area contributed by atoms with Crippen LogP contribution in [0.5, 0.6) is 0 Å². The van der Waals surface area contributed by atoms with Gasteiger partial charge in [-0.3, -0.25) is 0 Å². The second-order valence-electron chi connectivity index (χ2n) is 4.14. The zero-order valence-corrected chi connectivity index (χ0v) is 12.1. The summed E-state index contributed by atoms with van der Waals surface area (Å²) in [6.07, 6.45) is 0. The quantitative estimate of drug-likeness (QED) is 0.874. The molecule has 1 unspecified atom stereocenters. The molecule has 0 aliphatic carbocycles. The molecule has 1 atom stereocenters. The van der Waals surface area contributed by atoms with Crippen molar-refractivity contribution in [2.24, 2.45) is 5.92 Å². The second kappa shape index (κ2) is 5.59. The summed E-state index contributed by atoms with van der Waals surface area (Å²) in [6, 6.07) is 2.19. The molecule has 2 rings (SSSR count). The first kappa shape index (κ1) is 13.8. The zero-order valence-electron chi connectivity index (χ0n) is 9.67. The monoisotopic (exact) mass is 343 g/mol. The summed E-state index contributed by atoms with van der Waals surface area (Å²) in [4.78, 5) is 24.4. The van der Waals surface area contributed by atoms with Gasteiger partial charge in [-0.1, -0.05) is 0 Å². The van der Waals surface area contributed by atoms with Crippen LogP contribution in [0.3, 0.4) is 0 Å².